The molecule has 1 saturated heterocycles. The number of likely N-dealkylation sites (tertiary alicyclic amines) is 1. The number of aliphatic hydroxyl groups excluding tert-OH is 1. The van der Waals surface area contributed by atoms with E-state index < -0.39 is 0 Å². The molecule has 1 atom stereocenters. The van der Waals surface area contributed by atoms with Crippen LogP contribution in [0.5, 0.6) is 0 Å². The molecule has 1 aliphatic heterocycles. The Kier molecular flexibility index (Phi) is 3.65. The smallest absolute Gasteiger partial charge is 0.160 e. The van der Waals surface area contributed by atoms with Crippen molar-refractivity contribution in [1.82, 2.24) is 4.90 Å². The van der Waals surface area contributed by atoms with Crippen molar-refractivity contribution in [3.8, 4) is 0 Å². The average molecular weight is 172 g/mol. The Bertz CT molecular complexity index is 161. The topological polar surface area (TPSA) is 66.6 Å². The second-order valence-electron chi connectivity index (χ2n) is 3.19. The van der Waals surface area contributed by atoms with Crippen molar-refractivity contribution in [2.75, 3.05) is 26.2 Å². The Morgan fingerprint density at radius 3 is 3.00 bits per heavy atom. The number of carbonyl (C=O) groups excluding carboxylic acids is 1. The zero-order valence-electron chi connectivity index (χ0n) is 7.20. The minimum atomic E-state index is 0.0513. The molecule has 3 N–H and O–H groups in total. The van der Waals surface area contributed by atoms with Gasteiger partial charge >= 0.3 is 0 Å². The van der Waals surface area contributed by atoms with Crippen LogP contribution in [0.1, 0.15) is 12.8 Å². The summed E-state index contributed by atoms with van der Waals surface area (Å²) >= 11 is 0. The molecule has 4 nitrogen and oxygen atoms in total. The van der Waals surface area contributed by atoms with Crippen LogP contribution >= 0.6 is 0 Å². The molecule has 4 heteroatoms. The first kappa shape index (κ1) is 9.64. The normalized spacial score (nSPS) is 24.7. The van der Waals surface area contributed by atoms with E-state index in [0.29, 0.717) is 6.54 Å². The molecule has 70 valence electrons. The van der Waals surface area contributed by atoms with E-state index in [9.17, 15) is 4.79 Å². The molecule has 1 heterocycles. The summed E-state index contributed by atoms with van der Waals surface area (Å²) in [6.45, 7) is 1.57. The van der Waals surface area contributed by atoms with Gasteiger partial charge in [-0.2, -0.15) is 0 Å². The van der Waals surface area contributed by atoms with Crippen LogP contribution in [0.4, 0.5) is 0 Å². The number of hydrogen-bond acceptors (Lipinski definition) is 4. The summed E-state index contributed by atoms with van der Waals surface area (Å²) in [6, 6.07) is 0.181. The second kappa shape index (κ2) is 4.54. The number of nitrogens with two attached hydrogens (primary N) is 1. The zero-order valence-corrected chi connectivity index (χ0v) is 7.20. The maximum Gasteiger partial charge on any atom is 0.160 e. The molecule has 0 amide bonds. The lowest BCUT2D eigenvalue weighted by molar-refractivity contribution is -0.119. The molecule has 0 bridgehead atoms. The van der Waals surface area contributed by atoms with Gasteiger partial charge < -0.3 is 10.8 Å². The molecule has 12 heavy (non-hydrogen) atoms. The van der Waals surface area contributed by atoms with Gasteiger partial charge in [-0.1, -0.05) is 0 Å². The molecule has 0 aromatic heterocycles. The first-order chi connectivity index (χ1) is 5.77. The van der Waals surface area contributed by atoms with Crippen molar-refractivity contribution < 1.29 is 9.90 Å². The average Bonchev–Trinajstić information content (AvgIpc) is 2.51. The Morgan fingerprint density at radius 2 is 2.42 bits per heavy atom. The number of hydrogen-bond donors (Lipinski definition) is 2. The standard InChI is InChI=1S/C8H16N2O2/c9-4-8(12)5-10-3-1-2-7(10)6-11/h7,11H,1-6,9H2. The van der Waals surface area contributed by atoms with Gasteiger partial charge in [0.2, 0.25) is 0 Å². The number of aliphatic hydroxyl groups is 1. The molecule has 0 aromatic rings. The van der Waals surface area contributed by atoms with Gasteiger partial charge in [-0.3, -0.25) is 9.69 Å². The fourth-order valence-corrected chi connectivity index (χ4v) is 1.60. The maximum atomic E-state index is 11.0. The summed E-state index contributed by atoms with van der Waals surface area (Å²) in [7, 11) is 0. The lowest BCUT2D eigenvalue weighted by Gasteiger charge is -2.21. The third-order valence-corrected chi connectivity index (χ3v) is 2.32. The second-order valence-corrected chi connectivity index (χ2v) is 3.19. The van der Waals surface area contributed by atoms with Crippen molar-refractivity contribution in [1.29, 1.82) is 0 Å². The molecule has 0 saturated carbocycles. The predicted octanol–water partition coefficient (Wildman–Crippen LogP) is -1.03. The van der Waals surface area contributed by atoms with Crippen LogP contribution in [0, 0.1) is 0 Å². The summed E-state index contributed by atoms with van der Waals surface area (Å²) in [5, 5.41) is 8.94. The molecule has 0 aliphatic carbocycles. The third-order valence-electron chi connectivity index (χ3n) is 2.32. The molecular weight excluding hydrogens is 156 g/mol. The van der Waals surface area contributed by atoms with E-state index in [2.05, 4.69) is 0 Å². The molecular formula is C8H16N2O2. The monoisotopic (exact) mass is 172 g/mol. The number of Topliss-reactive ketones (excluding diaryl/α,β-unsaturated/α-hetero) is 1. The first-order valence-corrected chi connectivity index (χ1v) is 4.34. The summed E-state index contributed by atoms with van der Waals surface area (Å²) in [5.74, 6) is 0.0513. The van der Waals surface area contributed by atoms with Crippen molar-refractivity contribution >= 4 is 5.78 Å². The largest absolute Gasteiger partial charge is 0.395 e. The van der Waals surface area contributed by atoms with Crippen molar-refractivity contribution in [2.45, 2.75) is 18.9 Å². The van der Waals surface area contributed by atoms with Crippen LogP contribution in [0.3, 0.4) is 0 Å². The molecule has 1 fully saturated rings. The maximum absolute atomic E-state index is 11.0. The first-order valence-electron chi connectivity index (χ1n) is 4.34. The summed E-state index contributed by atoms with van der Waals surface area (Å²) in [5.41, 5.74) is 5.20. The quantitative estimate of drug-likeness (QED) is 0.569. The number of ketones is 1. The molecule has 0 spiro atoms. The van der Waals surface area contributed by atoms with Gasteiger partial charge in [-0.15, -0.1) is 0 Å². The molecule has 1 rings (SSSR count). The Labute approximate surface area is 72.3 Å². The zero-order chi connectivity index (χ0) is 8.97. The van der Waals surface area contributed by atoms with Gasteiger partial charge in [-0.25, -0.2) is 0 Å². The van der Waals surface area contributed by atoms with Gasteiger partial charge in [0.1, 0.15) is 0 Å². The fraction of sp³-hybridized carbons (Fsp3) is 0.875. The van der Waals surface area contributed by atoms with E-state index in [1.165, 1.54) is 0 Å². The van der Waals surface area contributed by atoms with Crippen LogP contribution in [0.2, 0.25) is 0 Å². The Hall–Kier alpha value is -0.450. The molecule has 1 aliphatic rings. The van der Waals surface area contributed by atoms with E-state index >= 15 is 0 Å². The highest BCUT2D eigenvalue weighted by atomic mass is 16.3. The van der Waals surface area contributed by atoms with Crippen LogP contribution in [-0.4, -0.2) is 48.1 Å². The van der Waals surface area contributed by atoms with Gasteiger partial charge in [0.05, 0.1) is 19.7 Å². The summed E-state index contributed by atoms with van der Waals surface area (Å²) < 4.78 is 0. The lowest BCUT2D eigenvalue weighted by Crippen LogP contribution is -2.38. The van der Waals surface area contributed by atoms with Crippen LogP contribution in [0.25, 0.3) is 0 Å². The van der Waals surface area contributed by atoms with Gasteiger partial charge in [-0.05, 0) is 19.4 Å². The van der Waals surface area contributed by atoms with Crippen LogP contribution in [0.15, 0.2) is 0 Å². The van der Waals surface area contributed by atoms with E-state index in [1.54, 1.807) is 0 Å². The van der Waals surface area contributed by atoms with Gasteiger partial charge in [0, 0.05) is 6.04 Å². The van der Waals surface area contributed by atoms with Gasteiger partial charge in [0.15, 0.2) is 5.78 Å². The van der Waals surface area contributed by atoms with Gasteiger partial charge in [0.25, 0.3) is 0 Å². The third kappa shape index (κ3) is 2.27. The van der Waals surface area contributed by atoms with E-state index in [4.69, 9.17) is 10.8 Å². The van der Waals surface area contributed by atoms with Crippen LogP contribution < -0.4 is 5.73 Å². The molecule has 1 unspecified atom stereocenters. The highest BCUT2D eigenvalue weighted by Gasteiger charge is 2.24. The molecule has 0 radical (unpaired) electrons. The summed E-state index contributed by atoms with van der Waals surface area (Å²) in [4.78, 5) is 13.0. The minimum absolute atomic E-state index is 0.0513. The van der Waals surface area contributed by atoms with E-state index in [0.717, 1.165) is 19.4 Å². The number of carbonyl (C=O) groups is 1. The van der Waals surface area contributed by atoms with Crippen molar-refractivity contribution in [3.63, 3.8) is 0 Å². The van der Waals surface area contributed by atoms with E-state index in [-0.39, 0.29) is 25.0 Å². The number of rotatable bonds is 4. The minimum Gasteiger partial charge on any atom is -0.395 e. The Morgan fingerprint density at radius 1 is 1.67 bits per heavy atom. The molecule has 0 aromatic carbocycles. The highest BCUT2D eigenvalue weighted by molar-refractivity contribution is 5.82. The predicted molar refractivity (Wildman–Crippen MR) is 45.7 cm³/mol. The number of nitrogens with zero attached hydrogens (tertiary/aromatic N) is 1. The highest BCUT2D eigenvalue weighted by Crippen LogP contribution is 2.15. The summed E-state index contributed by atoms with van der Waals surface area (Å²) in [6.07, 6.45) is 2.07. The van der Waals surface area contributed by atoms with E-state index in [1.807, 2.05) is 4.90 Å². The Balaban J connectivity index is 2.35. The SMILES string of the molecule is NCC(=O)CN1CCCC1CO. The lowest BCUT2D eigenvalue weighted by atomic mass is 10.2. The fourth-order valence-electron chi connectivity index (χ4n) is 1.60. The van der Waals surface area contributed by atoms with Crippen molar-refractivity contribution in [3.05, 3.63) is 0 Å². The van der Waals surface area contributed by atoms with Crippen molar-refractivity contribution in [2.24, 2.45) is 5.73 Å². The van der Waals surface area contributed by atoms with Crippen LogP contribution in [-0.2, 0) is 4.79 Å².